The Hall–Kier alpha value is -0.430. The van der Waals surface area contributed by atoms with Gasteiger partial charge in [-0.3, -0.25) is 0 Å². The van der Waals surface area contributed by atoms with E-state index in [2.05, 4.69) is 15.9 Å². The lowest BCUT2D eigenvalue weighted by Crippen LogP contribution is -1.88. The van der Waals surface area contributed by atoms with Crippen LogP contribution in [-0.2, 0) is 4.79 Å². The van der Waals surface area contributed by atoms with E-state index in [0.717, 1.165) is 6.08 Å². The fourth-order valence-corrected chi connectivity index (χ4v) is 1.77. The molecule has 74 valence electrons. The Morgan fingerprint density at radius 3 is 2.79 bits per heavy atom. The molecule has 0 aliphatic carbocycles. The van der Waals surface area contributed by atoms with Gasteiger partial charge in [-0.15, -0.1) is 0 Å². The van der Waals surface area contributed by atoms with Crippen molar-refractivity contribution in [3.8, 4) is 0 Å². The fraction of sp³-hybridized carbons (Fsp3) is 0. The molecule has 0 atom stereocenters. The van der Waals surface area contributed by atoms with Gasteiger partial charge in [0, 0.05) is 14.1 Å². The molecule has 0 bridgehead atoms. The van der Waals surface area contributed by atoms with E-state index in [-0.39, 0.29) is 5.82 Å². The molecular formula is C9H5BrFIO2. The molecule has 0 aliphatic rings. The van der Waals surface area contributed by atoms with E-state index in [0.29, 0.717) is 13.6 Å². The number of halogens is 3. The maximum absolute atomic E-state index is 13.0. The second-order valence-corrected chi connectivity index (χ2v) is 4.48. The highest BCUT2D eigenvalue weighted by Gasteiger charge is 2.04. The van der Waals surface area contributed by atoms with Crippen molar-refractivity contribution in [3.63, 3.8) is 0 Å². The van der Waals surface area contributed by atoms with Gasteiger partial charge in [-0.1, -0.05) is 15.9 Å². The number of aliphatic carboxylic acids is 1. The number of carboxylic acid groups (broad SMARTS) is 1. The van der Waals surface area contributed by atoms with Crippen molar-refractivity contribution in [1.82, 2.24) is 0 Å². The van der Waals surface area contributed by atoms with Gasteiger partial charge in [-0.25, -0.2) is 9.18 Å². The predicted molar refractivity (Wildman–Crippen MR) is 63.5 cm³/mol. The molecule has 0 saturated heterocycles. The van der Waals surface area contributed by atoms with Gasteiger partial charge in [0.15, 0.2) is 0 Å². The first-order valence-corrected chi connectivity index (χ1v) is 5.43. The van der Waals surface area contributed by atoms with Crippen molar-refractivity contribution in [2.75, 3.05) is 0 Å². The van der Waals surface area contributed by atoms with E-state index in [9.17, 15) is 9.18 Å². The lowest BCUT2D eigenvalue weighted by Gasteiger charge is -2.00. The number of carbonyl (C=O) groups is 1. The SMILES string of the molecule is O=C(O)/C=C/c1cc(I)c(F)cc1Br. The topological polar surface area (TPSA) is 37.3 Å². The van der Waals surface area contributed by atoms with Crippen LogP contribution < -0.4 is 0 Å². The highest BCUT2D eigenvalue weighted by Crippen LogP contribution is 2.23. The molecule has 0 radical (unpaired) electrons. The van der Waals surface area contributed by atoms with Gasteiger partial charge in [-0.05, 0) is 46.4 Å². The number of carboxylic acids is 1. The highest BCUT2D eigenvalue weighted by atomic mass is 127. The Bertz CT molecular complexity index is 404. The van der Waals surface area contributed by atoms with Crippen LogP contribution in [0.4, 0.5) is 4.39 Å². The number of hydrogen-bond donors (Lipinski definition) is 1. The van der Waals surface area contributed by atoms with Crippen LogP contribution in [0.2, 0.25) is 0 Å². The Morgan fingerprint density at radius 1 is 1.57 bits per heavy atom. The summed E-state index contributed by atoms with van der Waals surface area (Å²) < 4.78 is 14.0. The van der Waals surface area contributed by atoms with Crippen LogP contribution in [0.15, 0.2) is 22.7 Å². The molecule has 14 heavy (non-hydrogen) atoms. The van der Waals surface area contributed by atoms with Crippen molar-refractivity contribution in [1.29, 1.82) is 0 Å². The minimum Gasteiger partial charge on any atom is -0.478 e. The normalized spacial score (nSPS) is 10.8. The summed E-state index contributed by atoms with van der Waals surface area (Å²) in [6.45, 7) is 0. The zero-order valence-electron chi connectivity index (χ0n) is 6.80. The molecule has 2 nitrogen and oxygen atoms in total. The van der Waals surface area contributed by atoms with E-state index < -0.39 is 5.97 Å². The third-order valence-corrected chi connectivity index (χ3v) is 2.96. The molecule has 1 aromatic carbocycles. The standard InChI is InChI=1S/C9H5BrFIO2/c10-6-4-7(11)8(12)3-5(6)1-2-9(13)14/h1-4H,(H,13,14)/b2-1+. The first-order valence-electron chi connectivity index (χ1n) is 3.56. The molecule has 1 N–H and O–H groups in total. The van der Waals surface area contributed by atoms with E-state index in [4.69, 9.17) is 5.11 Å². The first-order chi connectivity index (χ1) is 6.50. The van der Waals surface area contributed by atoms with Crippen LogP contribution in [0, 0.1) is 9.39 Å². The minimum absolute atomic E-state index is 0.329. The van der Waals surface area contributed by atoms with E-state index in [1.165, 1.54) is 12.1 Å². The molecule has 0 saturated carbocycles. The first kappa shape index (κ1) is 11.6. The summed E-state index contributed by atoms with van der Waals surface area (Å²) in [5.74, 6) is -1.36. The third-order valence-electron chi connectivity index (χ3n) is 1.45. The zero-order valence-corrected chi connectivity index (χ0v) is 10.5. The van der Waals surface area contributed by atoms with Gasteiger partial charge in [0.2, 0.25) is 0 Å². The van der Waals surface area contributed by atoms with Crippen molar-refractivity contribution in [2.45, 2.75) is 0 Å². The molecule has 0 aliphatic heterocycles. The maximum atomic E-state index is 13.0. The van der Waals surface area contributed by atoms with Crippen LogP contribution in [-0.4, -0.2) is 11.1 Å². The Balaban J connectivity index is 3.10. The lowest BCUT2D eigenvalue weighted by molar-refractivity contribution is -0.131. The van der Waals surface area contributed by atoms with Crippen LogP contribution >= 0.6 is 38.5 Å². The third kappa shape index (κ3) is 3.06. The van der Waals surface area contributed by atoms with Crippen LogP contribution in [0.5, 0.6) is 0 Å². The monoisotopic (exact) mass is 370 g/mol. The average molecular weight is 371 g/mol. The summed E-state index contributed by atoms with van der Waals surface area (Å²) in [6, 6.07) is 2.88. The molecule has 0 amide bonds. The predicted octanol–water partition coefficient (Wildman–Crippen LogP) is 3.29. The summed E-state index contributed by atoms with van der Waals surface area (Å²) >= 11 is 4.99. The smallest absolute Gasteiger partial charge is 0.328 e. The van der Waals surface area contributed by atoms with Gasteiger partial charge in [-0.2, -0.15) is 0 Å². The van der Waals surface area contributed by atoms with E-state index in [1.54, 1.807) is 6.07 Å². The number of rotatable bonds is 2. The van der Waals surface area contributed by atoms with Gasteiger partial charge in [0.05, 0.1) is 0 Å². The summed E-state index contributed by atoms with van der Waals surface area (Å²) in [5.41, 5.74) is 0.637. The molecule has 0 heterocycles. The van der Waals surface area contributed by atoms with Gasteiger partial charge >= 0.3 is 5.97 Å². The maximum Gasteiger partial charge on any atom is 0.328 e. The van der Waals surface area contributed by atoms with Crippen molar-refractivity contribution in [3.05, 3.63) is 37.6 Å². The molecule has 0 aromatic heterocycles. The molecule has 1 aromatic rings. The Morgan fingerprint density at radius 2 is 2.21 bits per heavy atom. The Kier molecular flexibility index (Phi) is 4.06. The van der Waals surface area contributed by atoms with Crippen LogP contribution in [0.3, 0.4) is 0 Å². The molecule has 1 rings (SSSR count). The van der Waals surface area contributed by atoms with E-state index in [1.807, 2.05) is 22.6 Å². The average Bonchev–Trinajstić information content (AvgIpc) is 2.09. The fourth-order valence-electron chi connectivity index (χ4n) is 0.827. The molecule has 5 heteroatoms. The van der Waals surface area contributed by atoms with Crippen LogP contribution in [0.25, 0.3) is 6.08 Å². The Labute approximate surface area is 102 Å². The van der Waals surface area contributed by atoms with Crippen LogP contribution in [0.1, 0.15) is 5.56 Å². The summed E-state index contributed by atoms with van der Waals surface area (Å²) in [4.78, 5) is 10.3. The van der Waals surface area contributed by atoms with Crippen molar-refractivity contribution in [2.24, 2.45) is 0 Å². The highest BCUT2D eigenvalue weighted by molar-refractivity contribution is 14.1. The lowest BCUT2D eigenvalue weighted by atomic mass is 10.2. The van der Waals surface area contributed by atoms with Crippen molar-refractivity contribution >= 4 is 50.6 Å². The quantitative estimate of drug-likeness (QED) is 0.492. The largest absolute Gasteiger partial charge is 0.478 e. The van der Waals surface area contributed by atoms with E-state index >= 15 is 0 Å². The van der Waals surface area contributed by atoms with Crippen molar-refractivity contribution < 1.29 is 14.3 Å². The summed E-state index contributed by atoms with van der Waals surface area (Å²) in [5, 5.41) is 8.41. The molecule has 0 fully saturated rings. The number of benzene rings is 1. The number of hydrogen-bond acceptors (Lipinski definition) is 1. The second-order valence-electron chi connectivity index (χ2n) is 2.46. The molecular weight excluding hydrogens is 366 g/mol. The zero-order chi connectivity index (χ0) is 10.7. The second kappa shape index (κ2) is 4.88. The summed E-state index contributed by atoms with van der Waals surface area (Å²) in [6.07, 6.45) is 2.42. The van der Waals surface area contributed by atoms with Gasteiger partial charge in [0.1, 0.15) is 5.82 Å². The molecule has 0 spiro atoms. The molecule has 0 unspecified atom stereocenters. The summed E-state index contributed by atoms with van der Waals surface area (Å²) in [7, 11) is 0. The van der Waals surface area contributed by atoms with Gasteiger partial charge < -0.3 is 5.11 Å². The minimum atomic E-state index is -1.03. The van der Waals surface area contributed by atoms with Gasteiger partial charge in [0.25, 0.3) is 0 Å².